The van der Waals surface area contributed by atoms with Crippen molar-refractivity contribution >= 4 is 0 Å². The maximum atomic E-state index is 5.93. The molecule has 0 bridgehead atoms. The molecule has 3 heteroatoms. The highest BCUT2D eigenvalue weighted by Gasteiger charge is 2.17. The van der Waals surface area contributed by atoms with Crippen molar-refractivity contribution in [3.05, 3.63) is 23.5 Å². The van der Waals surface area contributed by atoms with Crippen molar-refractivity contribution in [3.8, 4) is 5.75 Å². The van der Waals surface area contributed by atoms with E-state index in [0.29, 0.717) is 0 Å². The van der Waals surface area contributed by atoms with Gasteiger partial charge in [-0.05, 0) is 13.3 Å². The number of aryl methyl sites for hydroxylation is 1. The number of hydrogen-bond donors (Lipinski definition) is 1. The molecule has 0 aliphatic carbocycles. The van der Waals surface area contributed by atoms with Crippen molar-refractivity contribution < 1.29 is 4.74 Å². The van der Waals surface area contributed by atoms with Gasteiger partial charge in [0.25, 0.3) is 0 Å². The van der Waals surface area contributed by atoms with Crippen molar-refractivity contribution in [3.63, 3.8) is 0 Å². The first kappa shape index (κ1) is 9.46. The highest BCUT2D eigenvalue weighted by molar-refractivity contribution is 5.38. The van der Waals surface area contributed by atoms with Crippen molar-refractivity contribution in [2.45, 2.75) is 32.9 Å². The zero-order valence-electron chi connectivity index (χ0n) is 8.71. The van der Waals surface area contributed by atoms with E-state index in [1.54, 1.807) is 0 Å². The number of nitrogens with zero attached hydrogens (tertiary/aromatic N) is 1. The summed E-state index contributed by atoms with van der Waals surface area (Å²) in [6.07, 6.45) is 5.07. The molecule has 0 saturated heterocycles. The standard InChI is InChI=1S/C11H16N2O/c1-3-10-7-13-6-9-5-12-4-8(2)11(9)14-10/h4-5,10,13H,3,6-7H2,1-2H3/t10-/m1/s1. The van der Waals surface area contributed by atoms with Crippen molar-refractivity contribution in [1.29, 1.82) is 0 Å². The molecule has 1 aliphatic heterocycles. The Labute approximate surface area is 84.5 Å². The summed E-state index contributed by atoms with van der Waals surface area (Å²) in [5, 5.41) is 3.37. The van der Waals surface area contributed by atoms with E-state index >= 15 is 0 Å². The second-order valence-electron chi connectivity index (χ2n) is 3.72. The molecular weight excluding hydrogens is 176 g/mol. The Morgan fingerprint density at radius 3 is 3.21 bits per heavy atom. The van der Waals surface area contributed by atoms with Crippen LogP contribution in [0.5, 0.6) is 5.75 Å². The predicted octanol–water partition coefficient (Wildman–Crippen LogP) is 1.65. The van der Waals surface area contributed by atoms with Crippen LogP contribution in [-0.4, -0.2) is 17.6 Å². The van der Waals surface area contributed by atoms with Crippen LogP contribution in [0.1, 0.15) is 24.5 Å². The summed E-state index contributed by atoms with van der Waals surface area (Å²) in [4.78, 5) is 4.17. The lowest BCUT2D eigenvalue weighted by Crippen LogP contribution is -2.27. The Morgan fingerprint density at radius 2 is 2.43 bits per heavy atom. The van der Waals surface area contributed by atoms with Gasteiger partial charge < -0.3 is 10.1 Å². The fraction of sp³-hybridized carbons (Fsp3) is 0.545. The topological polar surface area (TPSA) is 34.2 Å². The molecule has 76 valence electrons. The molecule has 0 radical (unpaired) electrons. The molecular formula is C11H16N2O. The Hall–Kier alpha value is -1.09. The Morgan fingerprint density at radius 1 is 1.57 bits per heavy atom. The maximum Gasteiger partial charge on any atom is 0.130 e. The lowest BCUT2D eigenvalue weighted by molar-refractivity contribution is 0.200. The molecule has 0 aromatic carbocycles. The summed E-state index contributed by atoms with van der Waals surface area (Å²) >= 11 is 0. The summed E-state index contributed by atoms with van der Waals surface area (Å²) in [7, 11) is 0. The third kappa shape index (κ3) is 1.73. The monoisotopic (exact) mass is 192 g/mol. The molecule has 2 rings (SSSR count). The summed E-state index contributed by atoms with van der Waals surface area (Å²) in [5.74, 6) is 1.02. The summed E-state index contributed by atoms with van der Waals surface area (Å²) in [5.41, 5.74) is 2.30. The molecule has 1 aromatic heterocycles. The Kier molecular flexibility index (Phi) is 2.68. The van der Waals surface area contributed by atoms with E-state index in [2.05, 4.69) is 17.2 Å². The lowest BCUT2D eigenvalue weighted by atomic mass is 10.2. The first-order valence-corrected chi connectivity index (χ1v) is 5.12. The third-order valence-corrected chi connectivity index (χ3v) is 2.58. The van der Waals surface area contributed by atoms with Gasteiger partial charge >= 0.3 is 0 Å². The number of pyridine rings is 1. The molecule has 1 aliphatic rings. The number of rotatable bonds is 1. The normalized spacial score (nSPS) is 20.9. The minimum absolute atomic E-state index is 0.289. The molecule has 14 heavy (non-hydrogen) atoms. The Balaban J connectivity index is 2.33. The van der Waals surface area contributed by atoms with Gasteiger partial charge in [-0.15, -0.1) is 0 Å². The van der Waals surface area contributed by atoms with Gasteiger partial charge in [-0.25, -0.2) is 0 Å². The van der Waals surface area contributed by atoms with Crippen LogP contribution in [0.3, 0.4) is 0 Å². The average Bonchev–Trinajstić information content (AvgIpc) is 2.40. The number of hydrogen-bond acceptors (Lipinski definition) is 3. The lowest BCUT2D eigenvalue weighted by Gasteiger charge is -2.16. The van der Waals surface area contributed by atoms with Crippen LogP contribution < -0.4 is 10.1 Å². The Bertz CT molecular complexity index is 325. The highest BCUT2D eigenvalue weighted by Crippen LogP contribution is 2.25. The molecule has 0 spiro atoms. The van der Waals surface area contributed by atoms with Crippen molar-refractivity contribution in [2.24, 2.45) is 0 Å². The van der Waals surface area contributed by atoms with E-state index in [9.17, 15) is 0 Å². The van der Waals surface area contributed by atoms with Crippen LogP contribution in [0.2, 0.25) is 0 Å². The minimum Gasteiger partial charge on any atom is -0.488 e. The maximum absolute atomic E-state index is 5.93. The molecule has 0 unspecified atom stereocenters. The van der Waals surface area contributed by atoms with E-state index in [0.717, 1.165) is 30.8 Å². The smallest absolute Gasteiger partial charge is 0.130 e. The minimum atomic E-state index is 0.289. The first-order chi connectivity index (χ1) is 6.81. The van der Waals surface area contributed by atoms with Gasteiger partial charge in [-0.3, -0.25) is 4.98 Å². The predicted molar refractivity (Wildman–Crippen MR) is 55.4 cm³/mol. The van der Waals surface area contributed by atoms with Crippen LogP contribution in [0.4, 0.5) is 0 Å². The largest absolute Gasteiger partial charge is 0.488 e. The van der Waals surface area contributed by atoms with Gasteiger partial charge in [0.2, 0.25) is 0 Å². The second kappa shape index (κ2) is 3.96. The first-order valence-electron chi connectivity index (χ1n) is 5.12. The van der Waals surface area contributed by atoms with E-state index in [4.69, 9.17) is 4.74 Å². The molecule has 3 nitrogen and oxygen atoms in total. The third-order valence-electron chi connectivity index (χ3n) is 2.58. The summed E-state index contributed by atoms with van der Waals surface area (Å²) < 4.78 is 5.93. The fourth-order valence-corrected chi connectivity index (χ4v) is 1.71. The van der Waals surface area contributed by atoms with Gasteiger partial charge in [0.15, 0.2) is 0 Å². The van der Waals surface area contributed by atoms with Crippen LogP contribution in [0.15, 0.2) is 12.4 Å². The molecule has 2 heterocycles. The van der Waals surface area contributed by atoms with Gasteiger partial charge in [0.05, 0.1) is 0 Å². The zero-order valence-corrected chi connectivity index (χ0v) is 8.71. The van der Waals surface area contributed by atoms with Crippen molar-refractivity contribution in [2.75, 3.05) is 6.54 Å². The summed E-state index contributed by atoms with van der Waals surface area (Å²) in [6.45, 7) is 5.98. The van der Waals surface area contributed by atoms with Crippen molar-refractivity contribution in [1.82, 2.24) is 10.3 Å². The van der Waals surface area contributed by atoms with E-state index in [1.807, 2.05) is 19.3 Å². The average molecular weight is 192 g/mol. The number of fused-ring (bicyclic) bond motifs is 1. The van der Waals surface area contributed by atoms with Crippen LogP contribution in [-0.2, 0) is 6.54 Å². The van der Waals surface area contributed by atoms with E-state index in [1.165, 1.54) is 5.56 Å². The van der Waals surface area contributed by atoms with Crippen LogP contribution in [0.25, 0.3) is 0 Å². The SMILES string of the molecule is CC[C@@H]1CNCc2cncc(C)c2O1. The number of aromatic nitrogens is 1. The molecule has 0 amide bonds. The molecule has 0 saturated carbocycles. The molecule has 1 atom stereocenters. The van der Waals surface area contributed by atoms with Crippen LogP contribution >= 0.6 is 0 Å². The number of nitrogens with one attached hydrogen (secondary N) is 1. The van der Waals surface area contributed by atoms with Gasteiger partial charge in [-0.2, -0.15) is 0 Å². The molecule has 0 fully saturated rings. The van der Waals surface area contributed by atoms with Gasteiger partial charge in [0.1, 0.15) is 11.9 Å². The van der Waals surface area contributed by atoms with Gasteiger partial charge in [0, 0.05) is 36.6 Å². The number of ether oxygens (including phenoxy) is 1. The van der Waals surface area contributed by atoms with E-state index in [-0.39, 0.29) is 6.10 Å². The molecule has 1 aromatic rings. The van der Waals surface area contributed by atoms with Crippen LogP contribution in [0, 0.1) is 6.92 Å². The van der Waals surface area contributed by atoms with E-state index < -0.39 is 0 Å². The quantitative estimate of drug-likeness (QED) is 0.734. The highest BCUT2D eigenvalue weighted by atomic mass is 16.5. The second-order valence-corrected chi connectivity index (χ2v) is 3.72. The van der Waals surface area contributed by atoms with Gasteiger partial charge in [-0.1, -0.05) is 6.92 Å². The summed E-state index contributed by atoms with van der Waals surface area (Å²) in [6, 6.07) is 0. The zero-order chi connectivity index (χ0) is 9.97. The fourth-order valence-electron chi connectivity index (χ4n) is 1.71. The molecule has 1 N–H and O–H groups in total.